The SMILES string of the molecule is CC(NC(=O)c1ccc(C(F)(F)F)cc1)C1(c2ccc(Br)cc2)CC1. The second kappa shape index (κ2) is 6.48. The van der Waals surface area contributed by atoms with Gasteiger partial charge in [0.2, 0.25) is 0 Å². The van der Waals surface area contributed by atoms with Gasteiger partial charge >= 0.3 is 6.18 Å². The van der Waals surface area contributed by atoms with Crippen molar-refractivity contribution in [3.8, 4) is 0 Å². The van der Waals surface area contributed by atoms with E-state index >= 15 is 0 Å². The van der Waals surface area contributed by atoms with Crippen LogP contribution in [0, 0.1) is 0 Å². The minimum atomic E-state index is -4.40. The van der Waals surface area contributed by atoms with Gasteiger partial charge in [0, 0.05) is 21.5 Å². The lowest BCUT2D eigenvalue weighted by atomic mass is 9.89. The smallest absolute Gasteiger partial charge is 0.349 e. The van der Waals surface area contributed by atoms with Gasteiger partial charge in [-0.1, -0.05) is 28.1 Å². The maximum absolute atomic E-state index is 12.6. The van der Waals surface area contributed by atoms with Crippen LogP contribution in [0.5, 0.6) is 0 Å². The standard InChI is InChI=1S/C19H17BrF3NO/c1-12(18(10-11-18)14-6-8-16(20)9-7-14)24-17(25)13-2-4-15(5-3-13)19(21,22)23/h2-9,12H,10-11H2,1H3,(H,24,25). The van der Waals surface area contributed by atoms with E-state index in [4.69, 9.17) is 0 Å². The van der Waals surface area contributed by atoms with Crippen LogP contribution in [0.2, 0.25) is 0 Å². The molecule has 0 radical (unpaired) electrons. The minimum Gasteiger partial charge on any atom is -0.349 e. The Labute approximate surface area is 152 Å². The fourth-order valence-corrected chi connectivity index (χ4v) is 3.38. The van der Waals surface area contributed by atoms with E-state index in [0.717, 1.165) is 35.0 Å². The van der Waals surface area contributed by atoms with Crippen molar-refractivity contribution in [2.45, 2.75) is 37.4 Å². The first kappa shape index (κ1) is 18.0. The predicted octanol–water partition coefficient (Wildman–Crippen LogP) is 5.32. The molecule has 0 aromatic heterocycles. The first-order valence-corrected chi connectivity index (χ1v) is 8.76. The second-order valence-electron chi connectivity index (χ2n) is 6.43. The normalized spacial score (nSPS) is 17.0. The van der Waals surface area contributed by atoms with Gasteiger partial charge in [0.1, 0.15) is 0 Å². The summed E-state index contributed by atoms with van der Waals surface area (Å²) in [5.74, 6) is -0.357. The largest absolute Gasteiger partial charge is 0.416 e. The summed E-state index contributed by atoms with van der Waals surface area (Å²) < 4.78 is 38.8. The van der Waals surface area contributed by atoms with Crippen LogP contribution in [-0.4, -0.2) is 11.9 Å². The summed E-state index contributed by atoms with van der Waals surface area (Å²) in [6.45, 7) is 1.94. The van der Waals surface area contributed by atoms with Gasteiger partial charge in [0.25, 0.3) is 5.91 Å². The van der Waals surface area contributed by atoms with Crippen LogP contribution in [0.25, 0.3) is 0 Å². The summed E-state index contributed by atoms with van der Waals surface area (Å²) >= 11 is 3.41. The van der Waals surface area contributed by atoms with Gasteiger partial charge in [-0.2, -0.15) is 13.2 Å². The van der Waals surface area contributed by atoms with Crippen LogP contribution in [0.15, 0.2) is 53.0 Å². The molecular weight excluding hydrogens is 395 g/mol. The number of alkyl halides is 3. The van der Waals surface area contributed by atoms with E-state index in [0.29, 0.717) is 0 Å². The molecule has 1 unspecified atom stereocenters. The molecule has 1 aliphatic rings. The average Bonchev–Trinajstić information content (AvgIpc) is 3.36. The van der Waals surface area contributed by atoms with Crippen LogP contribution in [0.3, 0.4) is 0 Å². The zero-order valence-electron chi connectivity index (χ0n) is 13.5. The molecule has 1 fully saturated rings. The zero-order valence-corrected chi connectivity index (χ0v) is 15.1. The van der Waals surface area contributed by atoms with Gasteiger partial charge in [-0.3, -0.25) is 4.79 Å². The Balaban J connectivity index is 1.71. The molecule has 1 atom stereocenters. The Morgan fingerprint density at radius 3 is 2.12 bits per heavy atom. The highest BCUT2D eigenvalue weighted by Gasteiger charge is 2.49. The van der Waals surface area contributed by atoms with Crippen molar-refractivity contribution in [3.05, 3.63) is 69.7 Å². The number of hydrogen-bond donors (Lipinski definition) is 1. The molecule has 0 bridgehead atoms. The van der Waals surface area contributed by atoms with E-state index < -0.39 is 11.7 Å². The maximum atomic E-state index is 12.6. The third-order valence-electron chi connectivity index (χ3n) is 4.86. The molecule has 2 nitrogen and oxygen atoms in total. The number of carbonyl (C=O) groups is 1. The summed E-state index contributed by atoms with van der Waals surface area (Å²) in [5, 5.41) is 2.94. The van der Waals surface area contributed by atoms with Crippen molar-refractivity contribution in [1.29, 1.82) is 0 Å². The molecule has 1 N–H and O–H groups in total. The third kappa shape index (κ3) is 3.73. The predicted molar refractivity (Wildman–Crippen MR) is 93.4 cm³/mol. The molecule has 2 aromatic carbocycles. The van der Waals surface area contributed by atoms with Crippen LogP contribution >= 0.6 is 15.9 Å². The molecule has 3 rings (SSSR count). The molecular formula is C19H17BrF3NO. The summed E-state index contributed by atoms with van der Waals surface area (Å²) in [6, 6.07) is 12.2. The number of halogens is 4. The minimum absolute atomic E-state index is 0.0950. The van der Waals surface area contributed by atoms with Crippen molar-refractivity contribution in [1.82, 2.24) is 5.32 Å². The van der Waals surface area contributed by atoms with E-state index in [1.807, 2.05) is 31.2 Å². The van der Waals surface area contributed by atoms with Crippen molar-refractivity contribution in [2.24, 2.45) is 0 Å². The summed E-state index contributed by atoms with van der Waals surface area (Å²) in [7, 11) is 0. The lowest BCUT2D eigenvalue weighted by Gasteiger charge is -2.25. The van der Waals surface area contributed by atoms with Gasteiger partial charge < -0.3 is 5.32 Å². The van der Waals surface area contributed by atoms with Crippen molar-refractivity contribution >= 4 is 21.8 Å². The number of amides is 1. The lowest BCUT2D eigenvalue weighted by molar-refractivity contribution is -0.137. The number of nitrogens with one attached hydrogen (secondary N) is 1. The van der Waals surface area contributed by atoms with Crippen molar-refractivity contribution in [3.63, 3.8) is 0 Å². The molecule has 25 heavy (non-hydrogen) atoms. The fourth-order valence-electron chi connectivity index (χ4n) is 3.12. The first-order valence-electron chi connectivity index (χ1n) is 7.96. The van der Waals surface area contributed by atoms with E-state index in [2.05, 4.69) is 21.2 Å². The molecule has 0 saturated heterocycles. The first-order chi connectivity index (χ1) is 11.7. The van der Waals surface area contributed by atoms with Crippen molar-refractivity contribution < 1.29 is 18.0 Å². The zero-order chi connectivity index (χ0) is 18.2. The van der Waals surface area contributed by atoms with Gasteiger partial charge in [-0.15, -0.1) is 0 Å². The number of carbonyl (C=O) groups excluding carboxylic acids is 1. The van der Waals surface area contributed by atoms with Crippen LogP contribution in [0.4, 0.5) is 13.2 Å². The van der Waals surface area contributed by atoms with Gasteiger partial charge in [-0.05, 0) is 61.7 Å². The Morgan fingerprint density at radius 1 is 1.08 bits per heavy atom. The van der Waals surface area contributed by atoms with E-state index in [-0.39, 0.29) is 22.9 Å². The molecule has 0 aliphatic heterocycles. The highest BCUT2D eigenvalue weighted by Crippen LogP contribution is 2.51. The summed E-state index contributed by atoms with van der Waals surface area (Å²) in [5.41, 5.74) is 0.537. The van der Waals surface area contributed by atoms with Crippen LogP contribution < -0.4 is 5.32 Å². The Hall–Kier alpha value is -1.82. The average molecular weight is 412 g/mol. The maximum Gasteiger partial charge on any atom is 0.416 e. The highest BCUT2D eigenvalue weighted by molar-refractivity contribution is 9.10. The number of rotatable bonds is 4. The molecule has 1 amide bonds. The van der Waals surface area contributed by atoms with Crippen LogP contribution in [-0.2, 0) is 11.6 Å². The Morgan fingerprint density at radius 2 is 1.64 bits per heavy atom. The third-order valence-corrected chi connectivity index (χ3v) is 5.39. The molecule has 1 saturated carbocycles. The summed E-state index contributed by atoms with van der Waals surface area (Å²) in [4.78, 5) is 12.4. The van der Waals surface area contributed by atoms with E-state index in [1.165, 1.54) is 12.1 Å². The van der Waals surface area contributed by atoms with Crippen molar-refractivity contribution in [2.75, 3.05) is 0 Å². The Kier molecular flexibility index (Phi) is 4.66. The number of benzene rings is 2. The number of hydrogen-bond acceptors (Lipinski definition) is 1. The topological polar surface area (TPSA) is 29.1 Å². The second-order valence-corrected chi connectivity index (χ2v) is 7.35. The molecule has 0 heterocycles. The molecule has 1 aliphatic carbocycles. The van der Waals surface area contributed by atoms with Crippen LogP contribution in [0.1, 0.15) is 41.3 Å². The highest BCUT2D eigenvalue weighted by atomic mass is 79.9. The van der Waals surface area contributed by atoms with Gasteiger partial charge in [-0.25, -0.2) is 0 Å². The fraction of sp³-hybridized carbons (Fsp3) is 0.316. The molecule has 6 heteroatoms. The molecule has 0 spiro atoms. The Bertz CT molecular complexity index is 765. The van der Waals surface area contributed by atoms with E-state index in [9.17, 15) is 18.0 Å². The van der Waals surface area contributed by atoms with Gasteiger partial charge in [0.15, 0.2) is 0 Å². The summed E-state index contributed by atoms with van der Waals surface area (Å²) in [6.07, 6.45) is -2.45. The quantitative estimate of drug-likeness (QED) is 0.724. The van der Waals surface area contributed by atoms with Gasteiger partial charge in [0.05, 0.1) is 5.56 Å². The molecule has 2 aromatic rings. The molecule has 132 valence electrons. The van der Waals surface area contributed by atoms with E-state index in [1.54, 1.807) is 0 Å². The lowest BCUT2D eigenvalue weighted by Crippen LogP contribution is -2.41. The monoisotopic (exact) mass is 411 g/mol.